The van der Waals surface area contributed by atoms with Crippen molar-refractivity contribution < 1.29 is 4.74 Å². The first kappa shape index (κ1) is 9.46. The highest BCUT2D eigenvalue weighted by molar-refractivity contribution is 5.41. The van der Waals surface area contributed by atoms with Crippen molar-refractivity contribution in [1.82, 2.24) is 0 Å². The molecule has 16 heavy (non-hydrogen) atoms. The zero-order valence-corrected chi connectivity index (χ0v) is 8.97. The topological polar surface area (TPSA) is 9.23 Å². The number of benzene rings is 2. The Morgan fingerprint density at radius 2 is 1.62 bits per heavy atom. The average molecular weight is 209 g/mol. The number of rotatable bonds is 1. The maximum atomic E-state index is 5.99. The summed E-state index contributed by atoms with van der Waals surface area (Å²) in [4.78, 5) is 0. The van der Waals surface area contributed by atoms with Gasteiger partial charge in [0.05, 0.1) is 0 Å². The average Bonchev–Trinajstić information content (AvgIpc) is 2.39. The molecule has 0 saturated heterocycles. The summed E-state index contributed by atoms with van der Waals surface area (Å²) in [6.07, 6.45) is 3.36. The number of hydrogen-bond acceptors (Lipinski definition) is 1. The number of fused-ring (bicyclic) bond motifs is 1. The molecule has 0 aliphatic carbocycles. The van der Waals surface area contributed by atoms with Gasteiger partial charge in [0.25, 0.3) is 0 Å². The van der Waals surface area contributed by atoms with Crippen molar-refractivity contribution in [1.29, 1.82) is 0 Å². The van der Waals surface area contributed by atoms with E-state index in [4.69, 9.17) is 4.74 Å². The van der Waals surface area contributed by atoms with E-state index in [9.17, 15) is 0 Å². The van der Waals surface area contributed by atoms with Gasteiger partial charge in [-0.15, -0.1) is 0 Å². The van der Waals surface area contributed by atoms with Crippen LogP contribution in [-0.4, -0.2) is 0 Å². The number of hydrogen-bond donors (Lipinski definition) is 0. The molecule has 1 radical (unpaired) electrons. The maximum Gasteiger partial charge on any atom is 0.124 e. The van der Waals surface area contributed by atoms with E-state index in [2.05, 4.69) is 36.8 Å². The lowest BCUT2D eigenvalue weighted by Gasteiger charge is -2.26. The number of para-hydroxylation sites is 1. The van der Waals surface area contributed by atoms with Gasteiger partial charge in [0, 0.05) is 0 Å². The highest BCUT2D eigenvalue weighted by Crippen LogP contribution is 2.35. The summed E-state index contributed by atoms with van der Waals surface area (Å²) in [5.74, 6) is 0.989. The predicted octanol–water partition coefficient (Wildman–Crippen LogP) is 3.76. The summed E-state index contributed by atoms with van der Waals surface area (Å²) >= 11 is 0. The van der Waals surface area contributed by atoms with Crippen LogP contribution < -0.4 is 4.74 Å². The fourth-order valence-corrected chi connectivity index (χ4v) is 2.06. The molecule has 1 nitrogen and oxygen atoms in total. The molecule has 0 fully saturated rings. The van der Waals surface area contributed by atoms with Gasteiger partial charge in [-0.1, -0.05) is 48.5 Å². The molecule has 0 aromatic heterocycles. The molecule has 2 aromatic rings. The van der Waals surface area contributed by atoms with E-state index >= 15 is 0 Å². The smallest absolute Gasteiger partial charge is 0.124 e. The van der Waals surface area contributed by atoms with Crippen molar-refractivity contribution >= 4 is 0 Å². The Kier molecular flexibility index (Phi) is 2.37. The van der Waals surface area contributed by atoms with Gasteiger partial charge in [0.1, 0.15) is 11.9 Å². The highest BCUT2D eigenvalue weighted by atomic mass is 16.5. The Labute approximate surface area is 95.7 Å². The highest BCUT2D eigenvalue weighted by Gasteiger charge is 2.20. The van der Waals surface area contributed by atoms with E-state index in [-0.39, 0.29) is 6.10 Å². The summed E-state index contributed by atoms with van der Waals surface area (Å²) < 4.78 is 5.99. The van der Waals surface area contributed by atoms with Crippen LogP contribution in [0.1, 0.15) is 23.7 Å². The van der Waals surface area contributed by atoms with Crippen LogP contribution in [0, 0.1) is 6.42 Å². The van der Waals surface area contributed by atoms with Crippen LogP contribution in [0.5, 0.6) is 5.75 Å². The molecule has 0 N–H and O–H groups in total. The fourth-order valence-electron chi connectivity index (χ4n) is 2.06. The minimum atomic E-state index is 0.163. The van der Waals surface area contributed by atoms with Crippen molar-refractivity contribution in [2.24, 2.45) is 0 Å². The van der Waals surface area contributed by atoms with Crippen LogP contribution in [-0.2, 0) is 0 Å². The van der Waals surface area contributed by atoms with Gasteiger partial charge < -0.3 is 4.74 Å². The summed E-state index contributed by atoms with van der Waals surface area (Å²) in [5, 5.41) is 0. The molecule has 0 spiro atoms. The molecule has 1 heteroatoms. The zero-order valence-electron chi connectivity index (χ0n) is 8.97. The van der Waals surface area contributed by atoms with E-state index in [0.29, 0.717) is 0 Å². The number of ether oxygens (including phenoxy) is 1. The summed E-state index contributed by atoms with van der Waals surface area (Å²) in [5.41, 5.74) is 2.45. The van der Waals surface area contributed by atoms with Crippen molar-refractivity contribution in [3.8, 4) is 5.75 Å². The van der Waals surface area contributed by atoms with Gasteiger partial charge in [0.2, 0.25) is 0 Å². The molecule has 3 rings (SSSR count). The van der Waals surface area contributed by atoms with Crippen molar-refractivity contribution in [2.75, 3.05) is 0 Å². The molecule has 79 valence electrons. The Morgan fingerprint density at radius 3 is 2.50 bits per heavy atom. The standard InChI is InChI=1S/C15H13O/c1-2-6-12(7-3-1)15-11-10-13-8-4-5-9-14(13)16-15/h1-10,15H,11H2. The fraction of sp³-hybridized carbons (Fsp3) is 0.133. The van der Waals surface area contributed by atoms with Crippen LogP contribution in [0.3, 0.4) is 0 Å². The van der Waals surface area contributed by atoms with E-state index in [1.807, 2.05) is 24.3 Å². The third kappa shape index (κ3) is 1.69. The molecule has 1 aliphatic heterocycles. The van der Waals surface area contributed by atoms with E-state index < -0.39 is 0 Å². The van der Waals surface area contributed by atoms with Crippen molar-refractivity contribution in [3.63, 3.8) is 0 Å². The molecular weight excluding hydrogens is 196 g/mol. The van der Waals surface area contributed by atoms with Gasteiger partial charge in [0.15, 0.2) is 0 Å². The minimum absolute atomic E-state index is 0.163. The van der Waals surface area contributed by atoms with Gasteiger partial charge in [-0.05, 0) is 30.0 Å². The Bertz CT molecular complexity index is 476. The van der Waals surface area contributed by atoms with Crippen LogP contribution in [0.4, 0.5) is 0 Å². The molecule has 1 atom stereocenters. The first-order valence-electron chi connectivity index (χ1n) is 5.57. The van der Waals surface area contributed by atoms with E-state index in [0.717, 1.165) is 12.2 Å². The lowest BCUT2D eigenvalue weighted by Crippen LogP contribution is -2.13. The monoisotopic (exact) mass is 209 g/mol. The van der Waals surface area contributed by atoms with Gasteiger partial charge >= 0.3 is 0 Å². The molecule has 1 unspecified atom stereocenters. The van der Waals surface area contributed by atoms with Gasteiger partial charge in [-0.3, -0.25) is 0 Å². The predicted molar refractivity (Wildman–Crippen MR) is 64.3 cm³/mol. The van der Waals surface area contributed by atoms with Gasteiger partial charge in [-0.2, -0.15) is 0 Å². The van der Waals surface area contributed by atoms with Crippen LogP contribution in [0.15, 0.2) is 54.6 Å². The first-order chi connectivity index (χ1) is 7.93. The van der Waals surface area contributed by atoms with Gasteiger partial charge in [-0.25, -0.2) is 0 Å². The quantitative estimate of drug-likeness (QED) is 0.694. The molecule has 1 aliphatic rings. The van der Waals surface area contributed by atoms with Crippen LogP contribution in [0.2, 0.25) is 0 Å². The third-order valence-corrected chi connectivity index (χ3v) is 2.91. The largest absolute Gasteiger partial charge is 0.485 e. The summed E-state index contributed by atoms with van der Waals surface area (Å²) in [6, 6.07) is 18.6. The molecular formula is C15H13O. The normalized spacial score (nSPS) is 18.6. The second kappa shape index (κ2) is 4.01. The van der Waals surface area contributed by atoms with Crippen molar-refractivity contribution in [3.05, 3.63) is 72.1 Å². The minimum Gasteiger partial charge on any atom is -0.485 e. The van der Waals surface area contributed by atoms with Crippen LogP contribution >= 0.6 is 0 Å². The lowest BCUT2D eigenvalue weighted by atomic mass is 9.98. The Balaban J connectivity index is 1.89. The second-order valence-corrected chi connectivity index (χ2v) is 3.99. The van der Waals surface area contributed by atoms with E-state index in [1.165, 1.54) is 11.1 Å². The van der Waals surface area contributed by atoms with E-state index in [1.54, 1.807) is 0 Å². The van der Waals surface area contributed by atoms with Crippen molar-refractivity contribution in [2.45, 2.75) is 12.5 Å². The first-order valence-corrected chi connectivity index (χ1v) is 5.57. The molecule has 0 amide bonds. The Morgan fingerprint density at radius 1 is 0.875 bits per heavy atom. The summed E-state index contributed by atoms with van der Waals surface area (Å²) in [6.45, 7) is 0. The molecule has 0 bridgehead atoms. The Hall–Kier alpha value is -1.76. The maximum absolute atomic E-state index is 5.99. The second-order valence-electron chi connectivity index (χ2n) is 3.99. The zero-order chi connectivity index (χ0) is 10.8. The molecule has 1 heterocycles. The molecule has 2 aromatic carbocycles. The summed E-state index contributed by atoms with van der Waals surface area (Å²) in [7, 11) is 0. The van der Waals surface area contributed by atoms with Crippen LogP contribution in [0.25, 0.3) is 0 Å². The molecule has 0 saturated carbocycles. The SMILES string of the molecule is [CH]1CC(c2ccccc2)Oc2ccccc21. The third-order valence-electron chi connectivity index (χ3n) is 2.91. The lowest BCUT2D eigenvalue weighted by molar-refractivity contribution is 0.193.